The maximum atomic E-state index is 13.3. The van der Waals surface area contributed by atoms with Crippen LogP contribution in [0, 0.1) is 0 Å². The van der Waals surface area contributed by atoms with Gasteiger partial charge in [0.05, 0.1) is 18.8 Å². The number of hydrogen-bond acceptors (Lipinski definition) is 6. The number of hydrogen-bond donors (Lipinski definition) is 0. The second-order valence-electron chi connectivity index (χ2n) is 6.96. The molecule has 0 radical (unpaired) electrons. The first-order chi connectivity index (χ1) is 14.6. The van der Waals surface area contributed by atoms with Crippen LogP contribution in [-0.2, 0) is 4.79 Å². The molecule has 156 valence electrons. The fraction of sp³-hybridized carbons (Fsp3) is 0.304. The van der Waals surface area contributed by atoms with E-state index in [1.54, 1.807) is 23.8 Å². The van der Waals surface area contributed by atoms with Crippen LogP contribution < -0.4 is 9.64 Å². The van der Waals surface area contributed by atoms with Gasteiger partial charge in [0.15, 0.2) is 5.17 Å². The molecule has 2 aliphatic heterocycles. The predicted molar refractivity (Wildman–Crippen MR) is 126 cm³/mol. The normalized spacial score (nSPS) is 20.8. The Bertz CT molecular complexity index is 1020. The molecule has 0 aliphatic carbocycles. The molecule has 7 heteroatoms. The van der Waals surface area contributed by atoms with Crippen LogP contribution in [-0.4, -0.2) is 36.2 Å². The summed E-state index contributed by atoms with van der Waals surface area (Å²) in [4.78, 5) is 24.1. The molecule has 1 unspecified atom stereocenters. The van der Waals surface area contributed by atoms with Crippen LogP contribution in [0.1, 0.15) is 32.4 Å². The lowest BCUT2D eigenvalue weighted by Crippen LogP contribution is -2.30. The first kappa shape index (κ1) is 20.9. The van der Waals surface area contributed by atoms with Gasteiger partial charge in [0.1, 0.15) is 15.7 Å². The minimum atomic E-state index is -0.0140. The van der Waals surface area contributed by atoms with Crippen molar-refractivity contribution in [3.63, 3.8) is 0 Å². The zero-order chi connectivity index (χ0) is 21.3. The predicted octanol–water partition coefficient (Wildman–Crippen LogP) is 5.51. The Hall–Kier alpha value is -2.38. The molecular formula is C23H25N3O2S2. The summed E-state index contributed by atoms with van der Waals surface area (Å²) in [5, 5.41) is 1.75. The number of ether oxygens (including phenoxy) is 1. The summed E-state index contributed by atoms with van der Waals surface area (Å²) in [6.07, 6.45) is 0. The van der Waals surface area contributed by atoms with Crippen molar-refractivity contribution in [2.45, 2.75) is 31.7 Å². The van der Waals surface area contributed by atoms with Crippen LogP contribution in [0.4, 0.5) is 5.69 Å². The van der Waals surface area contributed by atoms with Crippen LogP contribution in [0.2, 0.25) is 0 Å². The number of aliphatic imine (C=N–C) groups is 1. The van der Waals surface area contributed by atoms with Crippen molar-refractivity contribution in [2.24, 2.45) is 4.99 Å². The highest BCUT2D eigenvalue weighted by Crippen LogP contribution is 2.51. The molecule has 1 saturated heterocycles. The maximum Gasteiger partial charge on any atom is 0.269 e. The van der Waals surface area contributed by atoms with Crippen molar-refractivity contribution >= 4 is 40.3 Å². The van der Waals surface area contributed by atoms with Crippen molar-refractivity contribution < 1.29 is 9.53 Å². The summed E-state index contributed by atoms with van der Waals surface area (Å²) in [5.74, 6) is 0.848. The summed E-state index contributed by atoms with van der Waals surface area (Å²) in [5.41, 5.74) is 2.23. The Labute approximate surface area is 186 Å². The van der Waals surface area contributed by atoms with Crippen LogP contribution in [0.3, 0.4) is 0 Å². The van der Waals surface area contributed by atoms with E-state index in [0.29, 0.717) is 6.54 Å². The Kier molecular flexibility index (Phi) is 6.11. The molecule has 0 spiro atoms. The van der Waals surface area contributed by atoms with E-state index >= 15 is 0 Å². The molecule has 1 atom stereocenters. The van der Waals surface area contributed by atoms with Gasteiger partial charge in [-0.2, -0.15) is 0 Å². The number of nitrogens with zero attached hydrogens (tertiary/aromatic N) is 3. The summed E-state index contributed by atoms with van der Waals surface area (Å²) < 4.78 is 5.40. The van der Waals surface area contributed by atoms with E-state index in [-0.39, 0.29) is 11.9 Å². The van der Waals surface area contributed by atoms with Gasteiger partial charge in [0.2, 0.25) is 0 Å². The van der Waals surface area contributed by atoms with Gasteiger partial charge in [0.25, 0.3) is 5.91 Å². The number of thioether (sulfide) groups is 2. The molecular weight excluding hydrogens is 414 g/mol. The van der Waals surface area contributed by atoms with E-state index in [1.807, 2.05) is 37.3 Å². The number of amidine groups is 1. The number of methoxy groups -OCH3 is 1. The summed E-state index contributed by atoms with van der Waals surface area (Å²) in [7, 11) is 1.67. The lowest BCUT2D eigenvalue weighted by Gasteiger charge is -2.19. The molecule has 2 aromatic carbocycles. The van der Waals surface area contributed by atoms with Gasteiger partial charge in [-0.1, -0.05) is 42.1 Å². The van der Waals surface area contributed by atoms with E-state index in [9.17, 15) is 4.79 Å². The lowest BCUT2D eigenvalue weighted by molar-refractivity contribution is -0.122. The monoisotopic (exact) mass is 439 g/mol. The minimum absolute atomic E-state index is 0.0140. The highest BCUT2D eigenvalue weighted by molar-refractivity contribution is 8.19. The van der Waals surface area contributed by atoms with Gasteiger partial charge in [-0.3, -0.25) is 14.7 Å². The molecule has 1 fully saturated rings. The van der Waals surface area contributed by atoms with E-state index in [1.165, 1.54) is 11.8 Å². The number of carbonyl (C=O) groups excluding carboxylic acids is 1. The molecule has 0 aromatic heterocycles. The van der Waals surface area contributed by atoms with E-state index in [4.69, 9.17) is 9.73 Å². The Morgan fingerprint density at radius 2 is 1.77 bits per heavy atom. The van der Waals surface area contributed by atoms with Gasteiger partial charge in [-0.15, -0.1) is 0 Å². The number of fused-ring (bicyclic) bond motifs is 1. The fourth-order valence-electron chi connectivity index (χ4n) is 3.55. The van der Waals surface area contributed by atoms with Crippen LogP contribution >= 0.6 is 23.5 Å². The van der Waals surface area contributed by atoms with Crippen LogP contribution in [0.25, 0.3) is 0 Å². The second kappa shape index (κ2) is 8.78. The molecule has 5 nitrogen and oxygen atoms in total. The summed E-state index contributed by atoms with van der Waals surface area (Å²) in [6.45, 7) is 7.54. The van der Waals surface area contributed by atoms with E-state index in [0.717, 1.165) is 43.5 Å². The number of carbonyl (C=O) groups is 1. The lowest BCUT2D eigenvalue weighted by atomic mass is 10.1. The first-order valence-electron chi connectivity index (χ1n) is 10.1. The quantitative estimate of drug-likeness (QED) is 0.575. The van der Waals surface area contributed by atoms with E-state index < -0.39 is 0 Å². The minimum Gasteiger partial charge on any atom is -0.497 e. The zero-order valence-electron chi connectivity index (χ0n) is 17.6. The summed E-state index contributed by atoms with van der Waals surface area (Å²) in [6, 6.07) is 16.2. The second-order valence-corrected chi connectivity index (χ2v) is 8.97. The SMILES string of the molecule is CCN1C(=O)/C(=C2/Sc3ccc(OC)cc3N2CC)SC1=NC(C)c1ccccc1. The van der Waals surface area contributed by atoms with Crippen molar-refractivity contribution in [3.8, 4) is 5.75 Å². The highest BCUT2D eigenvalue weighted by atomic mass is 32.2. The molecule has 30 heavy (non-hydrogen) atoms. The van der Waals surface area contributed by atoms with Gasteiger partial charge >= 0.3 is 0 Å². The van der Waals surface area contributed by atoms with Gasteiger partial charge < -0.3 is 9.64 Å². The van der Waals surface area contributed by atoms with Crippen molar-refractivity contribution in [3.05, 3.63) is 64.0 Å². The van der Waals surface area contributed by atoms with E-state index in [2.05, 4.69) is 36.9 Å². The van der Waals surface area contributed by atoms with Crippen molar-refractivity contribution in [2.75, 3.05) is 25.1 Å². The number of rotatable bonds is 5. The first-order valence-corrected chi connectivity index (χ1v) is 11.7. The van der Waals surface area contributed by atoms with Gasteiger partial charge in [-0.25, -0.2) is 0 Å². The third-order valence-electron chi connectivity index (χ3n) is 5.19. The number of anilines is 1. The van der Waals surface area contributed by atoms with Crippen molar-refractivity contribution in [1.82, 2.24) is 4.90 Å². The Morgan fingerprint density at radius 1 is 1.03 bits per heavy atom. The smallest absolute Gasteiger partial charge is 0.269 e. The standard InChI is InChI=1S/C23H25N3O2S2/c1-5-25-18-14-17(28-4)12-13-19(18)29-22(25)20-21(27)26(6-2)23(30-20)24-15(3)16-10-8-7-9-11-16/h7-15H,5-6H2,1-4H3/b22-20-,24-23?. The molecule has 2 aliphatic rings. The third-order valence-corrected chi connectivity index (χ3v) is 7.58. The highest BCUT2D eigenvalue weighted by Gasteiger charge is 2.39. The third kappa shape index (κ3) is 3.72. The van der Waals surface area contributed by atoms with Gasteiger partial charge in [0, 0.05) is 24.1 Å². The molecule has 4 rings (SSSR count). The number of benzene rings is 2. The topological polar surface area (TPSA) is 45.1 Å². The molecule has 0 N–H and O–H groups in total. The molecule has 2 heterocycles. The van der Waals surface area contributed by atoms with Gasteiger partial charge in [-0.05, 0) is 50.2 Å². The molecule has 0 saturated carbocycles. The zero-order valence-corrected chi connectivity index (χ0v) is 19.2. The number of amides is 1. The molecule has 1 amide bonds. The summed E-state index contributed by atoms with van der Waals surface area (Å²) >= 11 is 3.13. The van der Waals surface area contributed by atoms with Crippen LogP contribution in [0.15, 0.2) is 68.4 Å². The fourth-order valence-corrected chi connectivity index (χ4v) is 6.05. The van der Waals surface area contributed by atoms with Crippen molar-refractivity contribution in [1.29, 1.82) is 0 Å². The Balaban J connectivity index is 1.70. The maximum absolute atomic E-state index is 13.3. The van der Waals surface area contributed by atoms with Crippen LogP contribution in [0.5, 0.6) is 5.75 Å². The average molecular weight is 440 g/mol. The Morgan fingerprint density at radius 3 is 2.43 bits per heavy atom. The number of likely N-dealkylation sites (N-methyl/N-ethyl adjacent to an activating group) is 1. The average Bonchev–Trinajstić information content (AvgIpc) is 3.29. The largest absolute Gasteiger partial charge is 0.497 e. The molecule has 0 bridgehead atoms. The molecule has 2 aromatic rings.